The number of piperidine rings is 1. The van der Waals surface area contributed by atoms with Gasteiger partial charge < -0.3 is 4.90 Å². The number of Topliss-reactive ketones (excluding diaryl/α,β-unsaturated/α-hetero) is 1. The van der Waals surface area contributed by atoms with Crippen molar-refractivity contribution in [2.24, 2.45) is 5.92 Å². The van der Waals surface area contributed by atoms with Gasteiger partial charge in [0, 0.05) is 32.0 Å². The first-order valence-corrected chi connectivity index (χ1v) is 11.6. The molecule has 0 radical (unpaired) electrons. The Balaban J connectivity index is 1.50. The first kappa shape index (κ1) is 23.3. The average Bonchev–Trinajstić information content (AvgIpc) is 2.75. The molecule has 0 spiro atoms. The molecule has 3 rings (SSSR count). The maximum atomic E-state index is 13.8. The molecule has 2 aromatic rings. The van der Waals surface area contributed by atoms with Crippen LogP contribution in [0.1, 0.15) is 29.6 Å². The highest BCUT2D eigenvalue weighted by Gasteiger charge is 2.29. The summed E-state index contributed by atoms with van der Waals surface area (Å²) in [6.45, 7) is 0.465. The van der Waals surface area contributed by atoms with Gasteiger partial charge >= 0.3 is 0 Å². The maximum absolute atomic E-state index is 13.8. The first-order chi connectivity index (χ1) is 14.7. The van der Waals surface area contributed by atoms with Crippen LogP contribution in [-0.4, -0.2) is 44.6 Å². The Morgan fingerprint density at radius 1 is 1.10 bits per heavy atom. The van der Waals surface area contributed by atoms with Gasteiger partial charge in [-0.15, -0.1) is 0 Å². The van der Waals surface area contributed by atoms with Crippen LogP contribution < -0.4 is 4.72 Å². The summed E-state index contributed by atoms with van der Waals surface area (Å²) in [5.41, 5.74) is -0.279. The highest BCUT2D eigenvalue weighted by Crippen LogP contribution is 2.24. The molecule has 1 heterocycles. The van der Waals surface area contributed by atoms with E-state index >= 15 is 0 Å². The number of carbonyl (C=O) groups excluding carboxylic acids is 2. The largest absolute Gasteiger partial charge is 0.343 e. The summed E-state index contributed by atoms with van der Waals surface area (Å²) in [5, 5.41) is 0.0859. The van der Waals surface area contributed by atoms with Gasteiger partial charge in [0.05, 0.1) is 10.6 Å². The molecule has 10 heteroatoms. The van der Waals surface area contributed by atoms with E-state index in [9.17, 15) is 26.8 Å². The Morgan fingerprint density at radius 2 is 1.77 bits per heavy atom. The highest BCUT2D eigenvalue weighted by molar-refractivity contribution is 7.89. The van der Waals surface area contributed by atoms with E-state index in [0.29, 0.717) is 12.8 Å². The summed E-state index contributed by atoms with van der Waals surface area (Å²) >= 11 is 5.91. The van der Waals surface area contributed by atoms with E-state index in [1.165, 1.54) is 17.0 Å². The zero-order valence-corrected chi connectivity index (χ0v) is 18.1. The van der Waals surface area contributed by atoms with Gasteiger partial charge in [-0.3, -0.25) is 9.59 Å². The molecular formula is C21H21ClF2N2O4S. The van der Waals surface area contributed by atoms with Crippen molar-refractivity contribution in [2.45, 2.75) is 24.2 Å². The third-order valence-corrected chi connectivity index (χ3v) is 7.13. The molecule has 1 aliphatic rings. The van der Waals surface area contributed by atoms with Gasteiger partial charge in [-0.05, 0) is 43.2 Å². The number of sulfonamides is 1. The zero-order valence-electron chi connectivity index (χ0n) is 16.5. The lowest BCUT2D eigenvalue weighted by molar-refractivity contribution is -0.132. The van der Waals surface area contributed by atoms with Gasteiger partial charge in [0.25, 0.3) is 0 Å². The number of nitrogens with zero attached hydrogens (tertiary/aromatic N) is 1. The van der Waals surface area contributed by atoms with E-state index in [-0.39, 0.29) is 47.4 Å². The smallest absolute Gasteiger partial charge is 0.242 e. The molecule has 0 atom stereocenters. The van der Waals surface area contributed by atoms with Crippen LogP contribution in [0.25, 0.3) is 0 Å². The molecule has 1 fully saturated rings. The minimum atomic E-state index is -3.84. The van der Waals surface area contributed by atoms with E-state index < -0.39 is 33.4 Å². The van der Waals surface area contributed by atoms with E-state index in [1.54, 1.807) is 12.1 Å². The van der Waals surface area contributed by atoms with Crippen LogP contribution in [0.2, 0.25) is 5.02 Å². The predicted octanol–water partition coefficient (Wildman–Crippen LogP) is 3.41. The van der Waals surface area contributed by atoms with Crippen LogP contribution in [-0.2, 0) is 14.8 Å². The number of ketones is 1. The molecule has 31 heavy (non-hydrogen) atoms. The number of amides is 1. The van der Waals surface area contributed by atoms with Crippen molar-refractivity contribution >= 4 is 33.3 Å². The van der Waals surface area contributed by atoms with E-state index in [4.69, 9.17) is 11.6 Å². The van der Waals surface area contributed by atoms with Crippen LogP contribution >= 0.6 is 11.6 Å². The van der Waals surface area contributed by atoms with Crippen molar-refractivity contribution < 1.29 is 26.8 Å². The summed E-state index contributed by atoms with van der Waals surface area (Å²) in [4.78, 5) is 26.4. The minimum absolute atomic E-state index is 0.0547. The lowest BCUT2D eigenvalue weighted by Crippen LogP contribution is -2.41. The Morgan fingerprint density at radius 3 is 2.45 bits per heavy atom. The number of likely N-dealkylation sites (tertiary alicyclic amines) is 1. The summed E-state index contributed by atoms with van der Waals surface area (Å²) in [7, 11) is -3.84. The fourth-order valence-corrected chi connectivity index (χ4v) is 5.04. The molecule has 1 amide bonds. The second kappa shape index (κ2) is 9.84. The van der Waals surface area contributed by atoms with Crippen molar-refractivity contribution in [1.82, 2.24) is 9.62 Å². The lowest BCUT2D eigenvalue weighted by atomic mass is 9.88. The quantitative estimate of drug-likeness (QED) is 0.628. The number of hydrogen-bond donors (Lipinski definition) is 1. The zero-order chi connectivity index (χ0) is 22.6. The predicted molar refractivity (Wildman–Crippen MR) is 111 cm³/mol. The number of nitrogens with one attached hydrogen (secondary N) is 1. The third kappa shape index (κ3) is 5.66. The van der Waals surface area contributed by atoms with E-state index in [2.05, 4.69) is 4.72 Å². The Bertz CT molecular complexity index is 1090. The average molecular weight is 471 g/mol. The molecule has 1 N–H and O–H groups in total. The van der Waals surface area contributed by atoms with Crippen molar-refractivity contribution in [1.29, 1.82) is 0 Å². The highest BCUT2D eigenvalue weighted by atomic mass is 35.5. The summed E-state index contributed by atoms with van der Waals surface area (Å²) in [6, 6.07) is 8.76. The maximum Gasteiger partial charge on any atom is 0.242 e. The molecule has 6 nitrogen and oxygen atoms in total. The topological polar surface area (TPSA) is 83.6 Å². The van der Waals surface area contributed by atoms with Crippen LogP contribution in [0.4, 0.5) is 8.78 Å². The molecule has 1 aliphatic heterocycles. The number of carbonyl (C=O) groups is 2. The normalized spacial score (nSPS) is 15.1. The fourth-order valence-electron chi connectivity index (χ4n) is 3.49. The molecule has 166 valence electrons. The molecule has 1 saturated heterocycles. The first-order valence-electron chi connectivity index (χ1n) is 9.70. The van der Waals surface area contributed by atoms with Gasteiger partial charge in [0.1, 0.15) is 16.5 Å². The summed E-state index contributed by atoms with van der Waals surface area (Å²) in [5.74, 6) is -2.69. The van der Waals surface area contributed by atoms with Gasteiger partial charge in [-0.25, -0.2) is 21.9 Å². The van der Waals surface area contributed by atoms with Crippen LogP contribution in [0, 0.1) is 17.6 Å². The van der Waals surface area contributed by atoms with Gasteiger partial charge in [0.15, 0.2) is 5.78 Å². The third-order valence-electron chi connectivity index (χ3n) is 5.17. The lowest BCUT2D eigenvalue weighted by Gasteiger charge is -2.31. The van der Waals surface area contributed by atoms with Crippen molar-refractivity contribution in [2.75, 3.05) is 19.6 Å². The number of hydrogen-bond acceptors (Lipinski definition) is 4. The Labute approximate surface area is 184 Å². The van der Waals surface area contributed by atoms with Crippen LogP contribution in [0.3, 0.4) is 0 Å². The molecule has 0 aliphatic carbocycles. The van der Waals surface area contributed by atoms with Crippen LogP contribution in [0.5, 0.6) is 0 Å². The fraction of sp³-hybridized carbons (Fsp3) is 0.333. The number of halogens is 3. The summed E-state index contributed by atoms with van der Waals surface area (Å²) in [6.07, 6.45) is 0.596. The number of rotatable bonds is 7. The Hall–Kier alpha value is -2.36. The SMILES string of the molecule is O=C(c1cc(F)ccc1F)C1CCN(C(=O)CCNS(=O)(=O)c2ccccc2Cl)CC1. The second-order valence-electron chi connectivity index (χ2n) is 7.22. The standard InChI is InChI=1S/C21H21ClF2N2O4S/c22-17-3-1-2-4-19(17)31(29,30)25-10-7-20(27)26-11-8-14(9-12-26)21(28)16-13-15(23)5-6-18(16)24/h1-6,13-14,25H,7-12H2. The van der Waals surface area contributed by atoms with Crippen molar-refractivity contribution in [3.05, 3.63) is 64.7 Å². The van der Waals surface area contributed by atoms with Crippen molar-refractivity contribution in [3.63, 3.8) is 0 Å². The summed E-state index contributed by atoms with van der Waals surface area (Å²) < 4.78 is 54.1. The van der Waals surface area contributed by atoms with E-state index in [0.717, 1.165) is 18.2 Å². The molecule has 2 aromatic carbocycles. The second-order valence-corrected chi connectivity index (χ2v) is 9.36. The van der Waals surface area contributed by atoms with Gasteiger partial charge in [-0.2, -0.15) is 0 Å². The monoisotopic (exact) mass is 470 g/mol. The van der Waals surface area contributed by atoms with E-state index in [1.807, 2.05) is 0 Å². The van der Waals surface area contributed by atoms with Crippen LogP contribution in [0.15, 0.2) is 47.4 Å². The molecule has 0 unspecified atom stereocenters. The Kier molecular flexibility index (Phi) is 7.40. The van der Waals surface area contributed by atoms with Crippen molar-refractivity contribution in [3.8, 4) is 0 Å². The van der Waals surface area contributed by atoms with Gasteiger partial charge in [-0.1, -0.05) is 23.7 Å². The minimum Gasteiger partial charge on any atom is -0.343 e. The molecule has 0 saturated carbocycles. The van der Waals surface area contributed by atoms with Gasteiger partial charge in [0.2, 0.25) is 15.9 Å². The number of benzene rings is 2. The molecular weight excluding hydrogens is 450 g/mol. The molecule has 0 aromatic heterocycles. The molecule has 0 bridgehead atoms.